The van der Waals surface area contributed by atoms with E-state index in [9.17, 15) is 0 Å². The van der Waals surface area contributed by atoms with Crippen molar-refractivity contribution in [3.05, 3.63) is 0 Å². The summed E-state index contributed by atoms with van der Waals surface area (Å²) in [4.78, 5) is 0. The molecular weight excluding hydrogens is 120 g/mol. The molecule has 0 aliphatic carbocycles. The molecule has 0 radical (unpaired) electrons. The highest BCUT2D eigenvalue weighted by molar-refractivity contribution is 8.14. The molecule has 3 heteroatoms. The van der Waals surface area contributed by atoms with Crippen molar-refractivity contribution in [1.82, 2.24) is 5.32 Å². The van der Waals surface area contributed by atoms with E-state index < -0.39 is 0 Å². The molecule has 2 nitrogen and oxygen atoms in total. The molecule has 48 valence electrons. The second-order valence-corrected chi connectivity index (χ2v) is 3.16. The summed E-state index contributed by atoms with van der Waals surface area (Å²) in [5, 5.41) is 11.1. The van der Waals surface area contributed by atoms with Crippen molar-refractivity contribution in [3.63, 3.8) is 0 Å². The fourth-order valence-electron chi connectivity index (χ4n) is 0.324. The summed E-state index contributed by atoms with van der Waals surface area (Å²) < 4.78 is 0. The lowest BCUT2D eigenvalue weighted by Crippen LogP contribution is -2.17. The minimum atomic E-state index is 0.368. The SMILES string of the molecule is CNC(C)SC(C)=N. The standard InChI is InChI=1S/C5H12N2S/c1-4(6)8-5(2)7-3/h5-7H,1-3H3. The van der Waals surface area contributed by atoms with E-state index in [2.05, 4.69) is 5.32 Å². The fourth-order valence-corrected chi connectivity index (χ4v) is 0.972. The molecule has 0 spiro atoms. The van der Waals surface area contributed by atoms with Gasteiger partial charge in [-0.15, -0.1) is 0 Å². The maximum atomic E-state index is 7.05. The molecule has 0 amide bonds. The molecule has 0 aliphatic heterocycles. The Morgan fingerprint density at radius 2 is 2.25 bits per heavy atom. The first-order valence-electron chi connectivity index (χ1n) is 2.56. The zero-order valence-electron chi connectivity index (χ0n) is 5.49. The van der Waals surface area contributed by atoms with Crippen LogP contribution >= 0.6 is 11.8 Å². The molecule has 0 aliphatic rings. The van der Waals surface area contributed by atoms with Gasteiger partial charge in [-0.25, -0.2) is 0 Å². The van der Waals surface area contributed by atoms with Gasteiger partial charge < -0.3 is 5.32 Å². The van der Waals surface area contributed by atoms with E-state index in [-0.39, 0.29) is 0 Å². The average Bonchev–Trinajstić information content (AvgIpc) is 1.65. The van der Waals surface area contributed by atoms with Crippen LogP contribution in [0.5, 0.6) is 0 Å². The molecule has 8 heavy (non-hydrogen) atoms. The van der Waals surface area contributed by atoms with Crippen molar-refractivity contribution in [2.24, 2.45) is 0 Å². The number of nitrogens with one attached hydrogen (secondary N) is 2. The molecule has 1 unspecified atom stereocenters. The van der Waals surface area contributed by atoms with Crippen molar-refractivity contribution in [3.8, 4) is 0 Å². The second-order valence-electron chi connectivity index (χ2n) is 1.60. The van der Waals surface area contributed by atoms with Crippen LogP contribution in [-0.4, -0.2) is 17.5 Å². The van der Waals surface area contributed by atoms with Crippen molar-refractivity contribution in [1.29, 1.82) is 5.41 Å². The van der Waals surface area contributed by atoms with Gasteiger partial charge in [0.2, 0.25) is 0 Å². The van der Waals surface area contributed by atoms with Crippen LogP contribution in [0.1, 0.15) is 13.8 Å². The molecule has 2 N–H and O–H groups in total. The van der Waals surface area contributed by atoms with E-state index in [0.29, 0.717) is 10.4 Å². The van der Waals surface area contributed by atoms with Gasteiger partial charge in [0.25, 0.3) is 0 Å². The normalized spacial score (nSPS) is 13.4. The van der Waals surface area contributed by atoms with Crippen LogP contribution in [0.25, 0.3) is 0 Å². The van der Waals surface area contributed by atoms with Gasteiger partial charge in [-0.05, 0) is 20.9 Å². The first kappa shape index (κ1) is 7.98. The Labute approximate surface area is 54.6 Å². The molecular formula is C5H12N2S. The molecule has 0 aromatic rings. The third-order valence-electron chi connectivity index (χ3n) is 0.760. The highest BCUT2D eigenvalue weighted by Gasteiger charge is 1.96. The zero-order chi connectivity index (χ0) is 6.57. The van der Waals surface area contributed by atoms with E-state index in [1.54, 1.807) is 6.92 Å². The van der Waals surface area contributed by atoms with Crippen LogP contribution in [0.2, 0.25) is 0 Å². The number of hydrogen-bond acceptors (Lipinski definition) is 3. The van der Waals surface area contributed by atoms with Gasteiger partial charge in [0.1, 0.15) is 0 Å². The monoisotopic (exact) mass is 132 g/mol. The molecule has 0 saturated heterocycles. The summed E-state index contributed by atoms with van der Waals surface area (Å²) >= 11 is 1.53. The Bertz CT molecular complexity index is 82.5. The summed E-state index contributed by atoms with van der Waals surface area (Å²) in [7, 11) is 1.89. The largest absolute Gasteiger partial charge is 0.308 e. The number of thioether (sulfide) groups is 1. The van der Waals surface area contributed by atoms with Crippen molar-refractivity contribution < 1.29 is 0 Å². The summed E-state index contributed by atoms with van der Waals surface area (Å²) in [5.74, 6) is 0. The molecule has 0 rings (SSSR count). The highest BCUT2D eigenvalue weighted by Crippen LogP contribution is 2.06. The van der Waals surface area contributed by atoms with Crippen LogP contribution < -0.4 is 5.32 Å². The zero-order valence-corrected chi connectivity index (χ0v) is 6.30. The number of rotatable bonds is 2. The van der Waals surface area contributed by atoms with E-state index in [1.807, 2.05) is 14.0 Å². The average molecular weight is 132 g/mol. The van der Waals surface area contributed by atoms with Gasteiger partial charge in [0.05, 0.1) is 10.4 Å². The van der Waals surface area contributed by atoms with Gasteiger partial charge >= 0.3 is 0 Å². The third kappa shape index (κ3) is 4.15. The van der Waals surface area contributed by atoms with E-state index >= 15 is 0 Å². The van der Waals surface area contributed by atoms with Crippen molar-refractivity contribution in [2.45, 2.75) is 19.2 Å². The summed E-state index contributed by atoms with van der Waals surface area (Å²) in [5.41, 5.74) is 0. The molecule has 0 saturated carbocycles. The van der Waals surface area contributed by atoms with Crippen LogP contribution in [0.15, 0.2) is 0 Å². The third-order valence-corrected chi connectivity index (χ3v) is 1.70. The van der Waals surface area contributed by atoms with Gasteiger partial charge in [-0.1, -0.05) is 11.8 Å². The predicted octanol–water partition coefficient (Wildman–Crippen LogP) is 1.28. The van der Waals surface area contributed by atoms with Crippen LogP contribution in [0.4, 0.5) is 0 Å². The van der Waals surface area contributed by atoms with Crippen molar-refractivity contribution in [2.75, 3.05) is 7.05 Å². The Kier molecular flexibility index (Phi) is 3.91. The van der Waals surface area contributed by atoms with E-state index in [4.69, 9.17) is 5.41 Å². The lowest BCUT2D eigenvalue weighted by Gasteiger charge is -2.05. The first-order chi connectivity index (χ1) is 3.66. The Morgan fingerprint density at radius 1 is 1.75 bits per heavy atom. The smallest absolute Gasteiger partial charge is 0.0625 e. The van der Waals surface area contributed by atoms with Crippen LogP contribution in [0, 0.1) is 5.41 Å². The molecule has 0 fully saturated rings. The Balaban J connectivity index is 3.24. The molecule has 0 aromatic carbocycles. The molecule has 0 bridgehead atoms. The minimum Gasteiger partial charge on any atom is -0.308 e. The van der Waals surface area contributed by atoms with Crippen LogP contribution in [0.3, 0.4) is 0 Å². The topological polar surface area (TPSA) is 35.9 Å². The van der Waals surface area contributed by atoms with Crippen LogP contribution in [-0.2, 0) is 0 Å². The Morgan fingerprint density at radius 3 is 2.38 bits per heavy atom. The highest BCUT2D eigenvalue weighted by atomic mass is 32.2. The molecule has 1 atom stereocenters. The molecule has 0 aromatic heterocycles. The van der Waals surface area contributed by atoms with E-state index in [0.717, 1.165) is 0 Å². The summed E-state index contributed by atoms with van der Waals surface area (Å²) in [6.45, 7) is 3.82. The van der Waals surface area contributed by atoms with Crippen molar-refractivity contribution >= 4 is 16.8 Å². The lowest BCUT2D eigenvalue weighted by molar-refractivity contribution is 0.810. The lowest BCUT2D eigenvalue weighted by atomic mass is 10.8. The second kappa shape index (κ2) is 3.92. The fraction of sp³-hybridized carbons (Fsp3) is 0.800. The minimum absolute atomic E-state index is 0.368. The van der Waals surface area contributed by atoms with E-state index in [1.165, 1.54) is 11.8 Å². The first-order valence-corrected chi connectivity index (χ1v) is 3.44. The Hall–Kier alpha value is -0.0200. The van der Waals surface area contributed by atoms with Gasteiger partial charge in [-0.3, -0.25) is 5.41 Å². The van der Waals surface area contributed by atoms with Gasteiger partial charge in [0.15, 0.2) is 0 Å². The quantitative estimate of drug-likeness (QED) is 0.337. The predicted molar refractivity (Wildman–Crippen MR) is 39.5 cm³/mol. The maximum absolute atomic E-state index is 7.05. The van der Waals surface area contributed by atoms with Gasteiger partial charge in [-0.2, -0.15) is 0 Å². The summed E-state index contributed by atoms with van der Waals surface area (Å²) in [6, 6.07) is 0. The molecule has 0 heterocycles. The summed E-state index contributed by atoms with van der Waals surface area (Å²) in [6.07, 6.45) is 0. The van der Waals surface area contributed by atoms with Gasteiger partial charge in [0, 0.05) is 0 Å². The maximum Gasteiger partial charge on any atom is 0.0625 e. The number of hydrogen-bond donors (Lipinski definition) is 2.